The first-order valence-electron chi connectivity index (χ1n) is 14.6. The minimum absolute atomic E-state index is 0.0479. The molecule has 3 saturated heterocycles. The third kappa shape index (κ3) is 6.02. The van der Waals surface area contributed by atoms with Crippen LogP contribution >= 0.6 is 11.6 Å². The molecule has 4 aliphatic rings. The Bertz CT molecular complexity index is 927. The Balaban J connectivity index is 1.41. The Labute approximate surface area is 227 Å². The number of halogens is 1. The van der Waals surface area contributed by atoms with Gasteiger partial charge in [-0.2, -0.15) is 0 Å². The molecule has 37 heavy (non-hydrogen) atoms. The van der Waals surface area contributed by atoms with E-state index in [2.05, 4.69) is 43.0 Å². The number of carbonyl (C=O) groups is 2. The summed E-state index contributed by atoms with van der Waals surface area (Å²) in [5.74, 6) is 0.426. The lowest BCUT2D eigenvalue weighted by Crippen LogP contribution is -2.71. The van der Waals surface area contributed by atoms with Gasteiger partial charge < -0.3 is 14.5 Å². The second-order valence-corrected chi connectivity index (χ2v) is 12.6. The molecule has 2 amide bonds. The van der Waals surface area contributed by atoms with Crippen molar-refractivity contribution in [1.82, 2.24) is 14.7 Å². The van der Waals surface area contributed by atoms with Gasteiger partial charge in [0, 0.05) is 30.4 Å². The summed E-state index contributed by atoms with van der Waals surface area (Å²) in [5.41, 5.74) is 2.25. The molecule has 0 bridgehead atoms. The van der Waals surface area contributed by atoms with Crippen molar-refractivity contribution < 1.29 is 14.3 Å². The molecule has 3 heterocycles. The Morgan fingerprint density at radius 3 is 2.24 bits per heavy atom. The van der Waals surface area contributed by atoms with E-state index in [0.717, 1.165) is 31.4 Å². The molecule has 7 heteroatoms. The summed E-state index contributed by atoms with van der Waals surface area (Å²) in [6, 6.07) is 8.24. The Hall–Kier alpha value is -1.63. The molecule has 204 valence electrons. The van der Waals surface area contributed by atoms with E-state index in [4.69, 9.17) is 16.3 Å². The molecule has 4 atom stereocenters. The predicted octanol–water partition coefficient (Wildman–Crippen LogP) is 4.96. The number of ether oxygens (including phenoxy) is 1. The lowest BCUT2D eigenvalue weighted by atomic mass is 9.87. The maximum Gasteiger partial charge on any atom is 0.247 e. The molecule has 1 aromatic carbocycles. The molecular formula is C30H44ClN3O3. The summed E-state index contributed by atoms with van der Waals surface area (Å²) in [7, 11) is 0. The van der Waals surface area contributed by atoms with Gasteiger partial charge in [-0.15, -0.1) is 11.6 Å². The monoisotopic (exact) mass is 529 g/mol. The highest BCUT2D eigenvalue weighted by atomic mass is 35.5. The van der Waals surface area contributed by atoms with Crippen molar-refractivity contribution in [3.8, 4) is 0 Å². The molecule has 5 rings (SSSR count). The zero-order chi connectivity index (χ0) is 25.9. The van der Waals surface area contributed by atoms with E-state index in [0.29, 0.717) is 25.8 Å². The highest BCUT2D eigenvalue weighted by Gasteiger charge is 2.51. The molecule has 1 aromatic rings. The molecule has 0 N–H and O–H groups in total. The van der Waals surface area contributed by atoms with Gasteiger partial charge in [0.05, 0.1) is 19.4 Å². The number of nitrogens with zero attached hydrogens (tertiary/aromatic N) is 3. The highest BCUT2D eigenvalue weighted by molar-refractivity contribution is 6.20. The zero-order valence-corrected chi connectivity index (χ0v) is 23.4. The number of hydrogen-bond acceptors (Lipinski definition) is 4. The number of aryl methyl sites for hydroxylation is 1. The third-order valence-corrected chi connectivity index (χ3v) is 9.40. The van der Waals surface area contributed by atoms with Crippen LogP contribution in [0.4, 0.5) is 0 Å². The van der Waals surface area contributed by atoms with Crippen molar-refractivity contribution in [2.75, 3.05) is 26.3 Å². The van der Waals surface area contributed by atoms with Crippen LogP contribution in [-0.4, -0.2) is 76.4 Å². The van der Waals surface area contributed by atoms with E-state index in [-0.39, 0.29) is 41.7 Å². The average Bonchev–Trinajstić information content (AvgIpc) is 2.97. The second-order valence-electron chi connectivity index (χ2n) is 12.0. The van der Waals surface area contributed by atoms with Gasteiger partial charge in [-0.3, -0.25) is 14.5 Å². The van der Waals surface area contributed by atoms with E-state index in [1.807, 2.05) is 9.80 Å². The molecule has 0 radical (unpaired) electrons. The first kappa shape index (κ1) is 27.0. The first-order valence-corrected chi connectivity index (χ1v) is 15.0. The Kier molecular flexibility index (Phi) is 8.78. The van der Waals surface area contributed by atoms with E-state index >= 15 is 0 Å². The first-order chi connectivity index (χ1) is 17.9. The summed E-state index contributed by atoms with van der Waals surface area (Å²) < 4.78 is 5.52. The quantitative estimate of drug-likeness (QED) is 0.506. The van der Waals surface area contributed by atoms with E-state index in [1.165, 1.54) is 44.1 Å². The highest BCUT2D eigenvalue weighted by Crippen LogP contribution is 2.37. The van der Waals surface area contributed by atoms with Crippen LogP contribution in [-0.2, 0) is 20.9 Å². The number of piperidine rings is 1. The van der Waals surface area contributed by atoms with Crippen LogP contribution in [0.3, 0.4) is 0 Å². The van der Waals surface area contributed by atoms with Gasteiger partial charge in [0.1, 0.15) is 12.6 Å². The standard InChI is InChI=1S/C30H44ClN3O3/c1-21-11-13-23(14-12-21)16-33-27(35)18-34(30(36)28(33)24-19-37-20-24)29-22(2)15-25(31)17-32(29)26-9-7-5-3-4-6-8-10-26/h11-14,22,24-26,28-29H,3-10,15-20H2,1-2H3. The van der Waals surface area contributed by atoms with Gasteiger partial charge in [0.15, 0.2) is 0 Å². The van der Waals surface area contributed by atoms with Crippen LogP contribution < -0.4 is 0 Å². The lowest BCUT2D eigenvalue weighted by molar-refractivity contribution is -0.179. The number of carbonyl (C=O) groups excluding carboxylic acids is 2. The number of piperazine rings is 1. The zero-order valence-electron chi connectivity index (χ0n) is 22.6. The number of hydrogen-bond donors (Lipinski definition) is 0. The van der Waals surface area contributed by atoms with Crippen molar-refractivity contribution in [2.24, 2.45) is 11.8 Å². The molecule has 0 aromatic heterocycles. The molecule has 3 aliphatic heterocycles. The summed E-state index contributed by atoms with van der Waals surface area (Å²) >= 11 is 6.80. The second kappa shape index (κ2) is 12.0. The van der Waals surface area contributed by atoms with Crippen molar-refractivity contribution in [1.29, 1.82) is 0 Å². The predicted molar refractivity (Wildman–Crippen MR) is 146 cm³/mol. The van der Waals surface area contributed by atoms with Crippen LogP contribution in [0, 0.1) is 18.8 Å². The smallest absolute Gasteiger partial charge is 0.247 e. The number of likely N-dealkylation sites (tertiary alicyclic amines) is 1. The van der Waals surface area contributed by atoms with Gasteiger partial charge in [0.2, 0.25) is 11.8 Å². The summed E-state index contributed by atoms with van der Waals surface area (Å²) in [6.45, 7) is 6.78. The topological polar surface area (TPSA) is 53.1 Å². The third-order valence-electron chi connectivity index (χ3n) is 9.08. The fourth-order valence-electron chi connectivity index (χ4n) is 7.02. The SMILES string of the molecule is Cc1ccc(CN2C(=O)CN(C3C(C)CC(Cl)CN3C3CCCCCCCC3)C(=O)C2C2COC2)cc1. The Morgan fingerprint density at radius 1 is 0.973 bits per heavy atom. The number of alkyl halides is 1. The van der Waals surface area contributed by atoms with Crippen LogP contribution in [0.5, 0.6) is 0 Å². The molecule has 1 aliphatic carbocycles. The number of benzene rings is 1. The van der Waals surface area contributed by atoms with Crippen LogP contribution in [0.2, 0.25) is 0 Å². The Morgan fingerprint density at radius 2 is 1.62 bits per heavy atom. The molecule has 1 saturated carbocycles. The maximum absolute atomic E-state index is 14.3. The van der Waals surface area contributed by atoms with Crippen LogP contribution in [0.25, 0.3) is 0 Å². The molecule has 0 spiro atoms. The maximum atomic E-state index is 14.3. The van der Waals surface area contributed by atoms with Gasteiger partial charge in [0.25, 0.3) is 0 Å². The van der Waals surface area contributed by atoms with Gasteiger partial charge in [-0.05, 0) is 37.7 Å². The lowest BCUT2D eigenvalue weighted by Gasteiger charge is -2.54. The van der Waals surface area contributed by atoms with Gasteiger partial charge in [-0.25, -0.2) is 0 Å². The average molecular weight is 530 g/mol. The van der Waals surface area contributed by atoms with E-state index < -0.39 is 6.04 Å². The number of amides is 2. The van der Waals surface area contributed by atoms with Crippen LogP contribution in [0.1, 0.15) is 75.8 Å². The largest absolute Gasteiger partial charge is 0.380 e. The minimum atomic E-state index is -0.459. The summed E-state index contributed by atoms with van der Waals surface area (Å²) in [4.78, 5) is 34.4. The van der Waals surface area contributed by atoms with Crippen molar-refractivity contribution >= 4 is 23.4 Å². The fourth-order valence-corrected chi connectivity index (χ4v) is 7.46. The van der Waals surface area contributed by atoms with Gasteiger partial charge >= 0.3 is 0 Å². The molecule has 6 nitrogen and oxygen atoms in total. The summed E-state index contributed by atoms with van der Waals surface area (Å²) in [6.07, 6.45) is 10.8. The molecule has 4 unspecified atom stereocenters. The number of rotatable bonds is 5. The fraction of sp³-hybridized carbons (Fsp3) is 0.733. The normalized spacial score (nSPS) is 31.5. The minimum Gasteiger partial charge on any atom is -0.380 e. The van der Waals surface area contributed by atoms with E-state index in [1.54, 1.807) is 0 Å². The van der Waals surface area contributed by atoms with Crippen molar-refractivity contribution in [2.45, 2.75) is 102 Å². The molecule has 4 fully saturated rings. The van der Waals surface area contributed by atoms with Gasteiger partial charge in [-0.1, -0.05) is 75.3 Å². The van der Waals surface area contributed by atoms with Crippen molar-refractivity contribution in [3.63, 3.8) is 0 Å². The van der Waals surface area contributed by atoms with Crippen molar-refractivity contribution in [3.05, 3.63) is 35.4 Å². The summed E-state index contributed by atoms with van der Waals surface area (Å²) in [5, 5.41) is 0.0864. The molecular weight excluding hydrogens is 486 g/mol. The van der Waals surface area contributed by atoms with E-state index in [9.17, 15) is 9.59 Å². The van der Waals surface area contributed by atoms with Crippen LogP contribution in [0.15, 0.2) is 24.3 Å².